The van der Waals surface area contributed by atoms with E-state index in [-0.39, 0.29) is 18.0 Å². The van der Waals surface area contributed by atoms with E-state index in [0.29, 0.717) is 0 Å². The smallest absolute Gasteiger partial charge is 0.220 e. The van der Waals surface area contributed by atoms with Gasteiger partial charge in [0.05, 0.1) is 6.04 Å². The monoisotopic (exact) mass is 205 g/mol. The number of hydrogen-bond donors (Lipinski definition) is 0. The zero-order valence-electron chi connectivity index (χ0n) is 9.36. The van der Waals surface area contributed by atoms with Crippen LogP contribution in [0.3, 0.4) is 0 Å². The van der Waals surface area contributed by atoms with E-state index in [4.69, 9.17) is 0 Å². The Balaban J connectivity index is 2.82. The highest BCUT2D eigenvalue weighted by Crippen LogP contribution is 2.22. The van der Waals surface area contributed by atoms with Gasteiger partial charge in [-0.2, -0.15) is 0 Å². The predicted molar refractivity (Wildman–Crippen MR) is 63.5 cm³/mol. The molecule has 1 aliphatic rings. The molecule has 0 saturated carbocycles. The molecule has 0 aromatic heterocycles. The summed E-state index contributed by atoms with van der Waals surface area (Å²) < 4.78 is 0. The second kappa shape index (κ2) is 5.54. The van der Waals surface area contributed by atoms with Crippen LogP contribution in [0.4, 0.5) is 0 Å². The normalized spacial score (nSPS) is 25.0. The first-order valence-electron chi connectivity index (χ1n) is 5.38. The largest absolute Gasteiger partial charge is 0.333 e. The molecule has 15 heavy (non-hydrogen) atoms. The van der Waals surface area contributed by atoms with Crippen LogP contribution in [0.1, 0.15) is 26.2 Å². The van der Waals surface area contributed by atoms with Crippen molar-refractivity contribution in [2.75, 3.05) is 0 Å². The fourth-order valence-electron chi connectivity index (χ4n) is 2.13. The molecule has 1 aliphatic heterocycles. The molecule has 2 nitrogen and oxygen atoms in total. The number of carbonyl (C=O) groups is 1. The molecular weight excluding hydrogens is 186 g/mol. The van der Waals surface area contributed by atoms with Gasteiger partial charge in [-0.05, 0) is 19.3 Å². The lowest BCUT2D eigenvalue weighted by Gasteiger charge is -2.38. The summed E-state index contributed by atoms with van der Waals surface area (Å²) >= 11 is 0. The summed E-state index contributed by atoms with van der Waals surface area (Å²) in [5.74, 6) is 0.137. The second-order valence-corrected chi connectivity index (χ2v) is 3.86. The maximum atomic E-state index is 11.6. The number of carbonyl (C=O) groups excluding carboxylic acids is 1. The fourth-order valence-corrected chi connectivity index (χ4v) is 2.13. The zero-order valence-corrected chi connectivity index (χ0v) is 9.36. The minimum atomic E-state index is 0.137. The van der Waals surface area contributed by atoms with E-state index < -0.39 is 0 Å². The molecule has 0 bridgehead atoms. The third kappa shape index (κ3) is 2.82. The van der Waals surface area contributed by atoms with E-state index in [2.05, 4.69) is 25.3 Å². The molecule has 0 aromatic rings. The molecule has 0 radical (unpaired) electrons. The van der Waals surface area contributed by atoms with Crippen molar-refractivity contribution < 1.29 is 4.79 Å². The van der Waals surface area contributed by atoms with Crippen molar-refractivity contribution in [3.05, 3.63) is 37.5 Å². The zero-order chi connectivity index (χ0) is 11.3. The molecule has 0 spiro atoms. The SMILES string of the molecule is C=CC[C@H]1CC=C[C@H](CC=C)N1C(C)=O. The van der Waals surface area contributed by atoms with E-state index in [1.54, 1.807) is 6.92 Å². The quantitative estimate of drug-likeness (QED) is 0.646. The lowest BCUT2D eigenvalue weighted by atomic mass is 9.98. The van der Waals surface area contributed by atoms with Crippen LogP contribution in [0.2, 0.25) is 0 Å². The minimum Gasteiger partial charge on any atom is -0.333 e. The lowest BCUT2D eigenvalue weighted by molar-refractivity contribution is -0.133. The molecule has 1 rings (SSSR count). The minimum absolute atomic E-state index is 0.137. The van der Waals surface area contributed by atoms with Gasteiger partial charge in [-0.25, -0.2) is 0 Å². The van der Waals surface area contributed by atoms with Crippen LogP contribution in [0.25, 0.3) is 0 Å². The Kier molecular flexibility index (Phi) is 4.35. The third-order valence-electron chi connectivity index (χ3n) is 2.73. The number of hydrogen-bond acceptors (Lipinski definition) is 1. The van der Waals surface area contributed by atoms with E-state index >= 15 is 0 Å². The molecule has 1 amide bonds. The van der Waals surface area contributed by atoms with E-state index in [1.165, 1.54) is 0 Å². The van der Waals surface area contributed by atoms with Gasteiger partial charge in [-0.1, -0.05) is 24.3 Å². The Morgan fingerprint density at radius 3 is 2.67 bits per heavy atom. The van der Waals surface area contributed by atoms with Crippen molar-refractivity contribution in [3.63, 3.8) is 0 Å². The van der Waals surface area contributed by atoms with Crippen molar-refractivity contribution in [1.82, 2.24) is 4.90 Å². The Morgan fingerprint density at radius 2 is 2.13 bits per heavy atom. The lowest BCUT2D eigenvalue weighted by Crippen LogP contribution is -2.46. The van der Waals surface area contributed by atoms with Gasteiger partial charge in [0.2, 0.25) is 5.91 Å². The van der Waals surface area contributed by atoms with Crippen LogP contribution >= 0.6 is 0 Å². The van der Waals surface area contributed by atoms with Crippen molar-refractivity contribution in [2.24, 2.45) is 0 Å². The molecule has 0 unspecified atom stereocenters. The van der Waals surface area contributed by atoms with Gasteiger partial charge in [0, 0.05) is 13.0 Å². The Morgan fingerprint density at radius 1 is 1.47 bits per heavy atom. The molecular formula is C13H19NO. The Hall–Kier alpha value is -1.31. The van der Waals surface area contributed by atoms with Crippen molar-refractivity contribution in [1.29, 1.82) is 0 Å². The third-order valence-corrected chi connectivity index (χ3v) is 2.73. The summed E-state index contributed by atoms with van der Waals surface area (Å²) in [6, 6.07) is 0.452. The van der Waals surface area contributed by atoms with Crippen LogP contribution in [-0.4, -0.2) is 22.9 Å². The summed E-state index contributed by atoms with van der Waals surface area (Å²) in [4.78, 5) is 13.5. The highest BCUT2D eigenvalue weighted by molar-refractivity contribution is 5.74. The van der Waals surface area contributed by atoms with Crippen molar-refractivity contribution in [3.8, 4) is 0 Å². The summed E-state index contributed by atoms with van der Waals surface area (Å²) in [6.07, 6.45) is 10.6. The summed E-state index contributed by atoms with van der Waals surface area (Å²) in [5, 5.41) is 0. The van der Waals surface area contributed by atoms with E-state index in [1.807, 2.05) is 17.1 Å². The molecule has 0 saturated heterocycles. The molecule has 1 heterocycles. The topological polar surface area (TPSA) is 20.3 Å². The average molecular weight is 205 g/mol. The van der Waals surface area contributed by atoms with Gasteiger partial charge in [0.25, 0.3) is 0 Å². The van der Waals surface area contributed by atoms with Gasteiger partial charge >= 0.3 is 0 Å². The number of amides is 1. The maximum absolute atomic E-state index is 11.6. The first-order chi connectivity index (χ1) is 7.20. The number of rotatable bonds is 4. The van der Waals surface area contributed by atoms with Gasteiger partial charge < -0.3 is 4.90 Å². The predicted octanol–water partition coefficient (Wildman–Crippen LogP) is 2.68. The van der Waals surface area contributed by atoms with E-state index in [0.717, 1.165) is 19.3 Å². The highest BCUT2D eigenvalue weighted by atomic mass is 16.2. The standard InChI is InChI=1S/C13H19NO/c1-4-7-12-9-6-10-13(8-5-2)14(12)11(3)15/h4-6,9,12-13H,1-2,7-8,10H2,3H3/t12-,13-/m0/s1. The second-order valence-electron chi connectivity index (χ2n) is 3.86. The summed E-state index contributed by atoms with van der Waals surface area (Å²) in [6.45, 7) is 9.10. The van der Waals surface area contributed by atoms with Gasteiger partial charge in [0.1, 0.15) is 0 Å². The van der Waals surface area contributed by atoms with E-state index in [9.17, 15) is 4.79 Å². The molecule has 0 aliphatic carbocycles. The molecule has 0 fully saturated rings. The summed E-state index contributed by atoms with van der Waals surface area (Å²) in [7, 11) is 0. The molecule has 0 N–H and O–H groups in total. The molecule has 82 valence electrons. The van der Waals surface area contributed by atoms with Crippen LogP contribution in [-0.2, 0) is 4.79 Å². The van der Waals surface area contributed by atoms with Crippen LogP contribution < -0.4 is 0 Å². The first-order valence-corrected chi connectivity index (χ1v) is 5.38. The molecule has 2 heteroatoms. The highest BCUT2D eigenvalue weighted by Gasteiger charge is 2.27. The first kappa shape index (κ1) is 11.8. The number of nitrogens with zero attached hydrogens (tertiary/aromatic N) is 1. The van der Waals surface area contributed by atoms with Crippen LogP contribution in [0.15, 0.2) is 37.5 Å². The van der Waals surface area contributed by atoms with Crippen LogP contribution in [0.5, 0.6) is 0 Å². The molecule has 0 aromatic carbocycles. The van der Waals surface area contributed by atoms with Gasteiger partial charge in [-0.15, -0.1) is 13.2 Å². The Bertz CT molecular complexity index is 280. The molecule has 2 atom stereocenters. The van der Waals surface area contributed by atoms with Gasteiger partial charge in [-0.3, -0.25) is 4.79 Å². The van der Waals surface area contributed by atoms with Gasteiger partial charge in [0.15, 0.2) is 0 Å². The maximum Gasteiger partial charge on any atom is 0.220 e. The van der Waals surface area contributed by atoms with Crippen molar-refractivity contribution >= 4 is 5.91 Å². The summed E-state index contributed by atoms with van der Waals surface area (Å²) in [5.41, 5.74) is 0. The van der Waals surface area contributed by atoms with Crippen LogP contribution in [0, 0.1) is 0 Å². The average Bonchev–Trinajstić information content (AvgIpc) is 2.18. The fraction of sp³-hybridized carbons (Fsp3) is 0.462. The Labute approximate surface area is 92.0 Å². The van der Waals surface area contributed by atoms with Crippen molar-refractivity contribution in [2.45, 2.75) is 38.3 Å².